The number of piperidine rings is 1. The second-order valence-electron chi connectivity index (χ2n) is 6.37. The predicted octanol–water partition coefficient (Wildman–Crippen LogP) is 3.24. The van der Waals surface area contributed by atoms with Gasteiger partial charge in [-0.25, -0.2) is 4.98 Å². The van der Waals surface area contributed by atoms with Gasteiger partial charge in [-0.1, -0.05) is 13.8 Å². The molecule has 3 rings (SSSR count). The van der Waals surface area contributed by atoms with Gasteiger partial charge in [0, 0.05) is 24.7 Å². The van der Waals surface area contributed by atoms with E-state index in [1.54, 1.807) is 11.1 Å². The number of likely N-dealkylation sites (tertiary alicyclic amines) is 1. The van der Waals surface area contributed by atoms with Crippen molar-refractivity contribution in [3.05, 3.63) is 27.4 Å². The van der Waals surface area contributed by atoms with E-state index in [-0.39, 0.29) is 23.7 Å². The quantitative estimate of drug-likeness (QED) is 0.786. The molecular weight excluding hydrogens is 406 g/mol. The molecule has 1 aliphatic heterocycles. The number of halogens is 1. The maximum Gasteiger partial charge on any atom is 0.275 e. The second-order valence-corrected chi connectivity index (χ2v) is 8.06. The van der Waals surface area contributed by atoms with Gasteiger partial charge in [0.15, 0.2) is 10.8 Å². The van der Waals surface area contributed by atoms with Crippen LogP contribution in [0.4, 0.5) is 5.13 Å². The third-order valence-electron chi connectivity index (χ3n) is 4.25. The van der Waals surface area contributed by atoms with Crippen molar-refractivity contribution in [3.8, 4) is 0 Å². The van der Waals surface area contributed by atoms with Crippen LogP contribution >= 0.6 is 27.3 Å². The lowest BCUT2D eigenvalue weighted by Gasteiger charge is -2.31. The number of amides is 2. The molecule has 1 fully saturated rings. The van der Waals surface area contributed by atoms with Crippen molar-refractivity contribution in [2.45, 2.75) is 32.6 Å². The number of nitrogens with zero attached hydrogens (tertiary/aromatic N) is 3. The molecule has 0 saturated carbocycles. The smallest absolute Gasteiger partial charge is 0.275 e. The number of H-pyrrole nitrogens is 1. The number of aromatic amines is 1. The van der Waals surface area contributed by atoms with E-state index >= 15 is 0 Å². The Morgan fingerprint density at radius 1 is 1.48 bits per heavy atom. The van der Waals surface area contributed by atoms with Crippen LogP contribution in [0.25, 0.3) is 0 Å². The number of carbonyl (C=O) groups excluding carboxylic acids is 2. The van der Waals surface area contributed by atoms with Crippen molar-refractivity contribution in [2.24, 2.45) is 5.92 Å². The second kappa shape index (κ2) is 7.65. The van der Waals surface area contributed by atoms with Crippen molar-refractivity contribution in [2.75, 3.05) is 18.4 Å². The standard InChI is InChI=1S/C16H20BrN5O2S/c1-9(2)12-11(17)13(21-20-12)15(24)22-6-3-4-10(8-22)14(23)19-16-18-5-7-25-16/h5,7,9-10H,3-4,6,8H2,1-2H3,(H,20,21)(H,18,19,23). The minimum atomic E-state index is -0.233. The minimum absolute atomic E-state index is 0.0867. The Morgan fingerprint density at radius 2 is 2.28 bits per heavy atom. The molecule has 134 valence electrons. The molecule has 9 heteroatoms. The van der Waals surface area contributed by atoms with Crippen LogP contribution in [-0.4, -0.2) is 45.0 Å². The molecule has 1 aliphatic rings. The fourth-order valence-corrected chi connectivity index (χ4v) is 4.22. The van der Waals surface area contributed by atoms with Gasteiger partial charge >= 0.3 is 0 Å². The van der Waals surface area contributed by atoms with E-state index in [9.17, 15) is 9.59 Å². The largest absolute Gasteiger partial charge is 0.336 e. The third-order valence-corrected chi connectivity index (χ3v) is 5.75. The van der Waals surface area contributed by atoms with Crippen LogP contribution in [0, 0.1) is 5.92 Å². The average Bonchev–Trinajstić information content (AvgIpc) is 3.23. The highest BCUT2D eigenvalue weighted by atomic mass is 79.9. The number of aromatic nitrogens is 3. The van der Waals surface area contributed by atoms with Gasteiger partial charge in [0.2, 0.25) is 5.91 Å². The van der Waals surface area contributed by atoms with E-state index in [0.29, 0.717) is 28.4 Å². The van der Waals surface area contributed by atoms with E-state index < -0.39 is 0 Å². The molecule has 0 aliphatic carbocycles. The van der Waals surface area contributed by atoms with E-state index in [4.69, 9.17) is 0 Å². The summed E-state index contributed by atoms with van der Waals surface area (Å²) >= 11 is 4.86. The Morgan fingerprint density at radius 3 is 2.92 bits per heavy atom. The summed E-state index contributed by atoms with van der Waals surface area (Å²) in [4.78, 5) is 31.0. The van der Waals surface area contributed by atoms with Crippen LogP contribution in [-0.2, 0) is 4.79 Å². The summed E-state index contributed by atoms with van der Waals surface area (Å²) < 4.78 is 0.710. The van der Waals surface area contributed by atoms with Gasteiger partial charge in [-0.05, 0) is 34.7 Å². The van der Waals surface area contributed by atoms with Crippen LogP contribution in [0.5, 0.6) is 0 Å². The maximum atomic E-state index is 12.8. The molecule has 1 saturated heterocycles. The van der Waals surface area contributed by atoms with Crippen LogP contribution < -0.4 is 5.32 Å². The molecule has 2 aromatic rings. The molecule has 0 aromatic carbocycles. The molecule has 0 spiro atoms. The van der Waals surface area contributed by atoms with E-state index in [1.165, 1.54) is 11.3 Å². The summed E-state index contributed by atoms with van der Waals surface area (Å²) in [6.45, 7) is 5.10. The topological polar surface area (TPSA) is 91.0 Å². The molecule has 2 amide bonds. The first kappa shape index (κ1) is 18.1. The predicted molar refractivity (Wildman–Crippen MR) is 99.7 cm³/mol. The van der Waals surface area contributed by atoms with Crippen LogP contribution in [0.1, 0.15) is 48.8 Å². The van der Waals surface area contributed by atoms with Crippen LogP contribution in [0.2, 0.25) is 0 Å². The SMILES string of the molecule is CC(C)c1[nH]nc(C(=O)N2CCCC(C(=O)Nc3nccs3)C2)c1Br. The number of rotatable bonds is 4. The average molecular weight is 426 g/mol. The molecule has 0 bridgehead atoms. The molecule has 2 aromatic heterocycles. The zero-order chi connectivity index (χ0) is 18.0. The van der Waals surface area contributed by atoms with Gasteiger partial charge in [-0.2, -0.15) is 5.10 Å². The van der Waals surface area contributed by atoms with E-state index in [2.05, 4.69) is 36.4 Å². The highest BCUT2D eigenvalue weighted by Crippen LogP contribution is 2.28. The molecule has 0 radical (unpaired) electrons. The van der Waals surface area contributed by atoms with Crippen molar-refractivity contribution >= 4 is 44.2 Å². The molecule has 7 nitrogen and oxygen atoms in total. The summed E-state index contributed by atoms with van der Waals surface area (Å²) in [6.07, 6.45) is 3.21. The first-order valence-corrected chi connectivity index (χ1v) is 9.88. The highest BCUT2D eigenvalue weighted by Gasteiger charge is 2.31. The fraction of sp³-hybridized carbons (Fsp3) is 0.500. The number of nitrogens with one attached hydrogen (secondary N) is 2. The first-order valence-electron chi connectivity index (χ1n) is 8.20. The summed E-state index contributed by atoms with van der Waals surface area (Å²) in [6, 6.07) is 0. The summed E-state index contributed by atoms with van der Waals surface area (Å²) in [5.41, 5.74) is 1.28. The van der Waals surface area contributed by atoms with Crippen LogP contribution in [0.3, 0.4) is 0 Å². The Kier molecular flexibility index (Phi) is 5.53. The Bertz CT molecular complexity index is 759. The van der Waals surface area contributed by atoms with Crippen molar-refractivity contribution in [3.63, 3.8) is 0 Å². The molecular formula is C16H20BrN5O2S. The van der Waals surface area contributed by atoms with Gasteiger partial charge in [0.05, 0.1) is 16.1 Å². The van der Waals surface area contributed by atoms with E-state index in [1.807, 2.05) is 19.2 Å². The first-order chi connectivity index (χ1) is 12.0. The van der Waals surface area contributed by atoms with Crippen molar-refractivity contribution in [1.29, 1.82) is 0 Å². The number of anilines is 1. The highest BCUT2D eigenvalue weighted by molar-refractivity contribution is 9.10. The Hall–Kier alpha value is -1.74. The lowest BCUT2D eigenvalue weighted by Crippen LogP contribution is -2.44. The molecule has 1 unspecified atom stereocenters. The monoisotopic (exact) mass is 425 g/mol. The number of hydrogen-bond donors (Lipinski definition) is 2. The zero-order valence-electron chi connectivity index (χ0n) is 14.1. The summed E-state index contributed by atoms with van der Waals surface area (Å²) in [5, 5.41) is 12.3. The van der Waals surface area contributed by atoms with E-state index in [0.717, 1.165) is 18.5 Å². The number of hydrogen-bond acceptors (Lipinski definition) is 5. The third kappa shape index (κ3) is 3.92. The number of thiazole rings is 1. The maximum absolute atomic E-state index is 12.8. The van der Waals surface area contributed by atoms with Gasteiger partial charge < -0.3 is 10.2 Å². The summed E-state index contributed by atoms with van der Waals surface area (Å²) in [7, 11) is 0. The van der Waals surface area contributed by atoms with Crippen molar-refractivity contribution in [1.82, 2.24) is 20.1 Å². The van der Waals surface area contributed by atoms with Gasteiger partial charge in [-0.3, -0.25) is 14.7 Å². The Labute approximate surface area is 158 Å². The fourth-order valence-electron chi connectivity index (χ4n) is 2.88. The molecule has 25 heavy (non-hydrogen) atoms. The molecule has 1 atom stereocenters. The number of carbonyl (C=O) groups is 2. The molecule has 3 heterocycles. The van der Waals surface area contributed by atoms with Gasteiger partial charge in [0.25, 0.3) is 5.91 Å². The summed E-state index contributed by atoms with van der Waals surface area (Å²) in [5.74, 6) is -0.233. The Balaban J connectivity index is 1.68. The van der Waals surface area contributed by atoms with Gasteiger partial charge in [-0.15, -0.1) is 11.3 Å². The lowest BCUT2D eigenvalue weighted by atomic mass is 9.97. The zero-order valence-corrected chi connectivity index (χ0v) is 16.5. The minimum Gasteiger partial charge on any atom is -0.336 e. The van der Waals surface area contributed by atoms with Gasteiger partial charge in [0.1, 0.15) is 0 Å². The van der Waals surface area contributed by atoms with Crippen LogP contribution in [0.15, 0.2) is 16.0 Å². The van der Waals surface area contributed by atoms with Crippen molar-refractivity contribution < 1.29 is 9.59 Å². The molecule has 2 N–H and O–H groups in total. The normalized spacial score (nSPS) is 17.8. The lowest BCUT2D eigenvalue weighted by molar-refractivity contribution is -0.121.